The van der Waals surface area contributed by atoms with Gasteiger partial charge in [-0.05, 0) is 64.4 Å². The van der Waals surface area contributed by atoms with Crippen molar-refractivity contribution in [3.05, 3.63) is 82.9 Å². The summed E-state index contributed by atoms with van der Waals surface area (Å²) in [7, 11) is 0. The van der Waals surface area contributed by atoms with E-state index in [0.717, 1.165) is 97.4 Å². The molecular weight excluding hydrogens is 522 g/mol. The highest BCUT2D eigenvalue weighted by Crippen LogP contribution is 2.58. The molecule has 3 aromatic rings. The SMILES string of the molecule is CCCN(CCN)CCN1C(=O)c2ccccc2C12c1ccc(N(CC)CC)cc1Oc1cc(N(CC)CC)ccc12. The molecule has 0 unspecified atom stereocenters. The minimum absolute atomic E-state index is 0.0641. The number of fused-ring (bicyclic) bond motifs is 6. The predicted molar refractivity (Wildman–Crippen MR) is 173 cm³/mol. The summed E-state index contributed by atoms with van der Waals surface area (Å²) in [6.45, 7) is 18.2. The fourth-order valence-electron chi connectivity index (χ4n) is 6.98. The molecule has 0 saturated carbocycles. The van der Waals surface area contributed by atoms with Gasteiger partial charge in [-0.2, -0.15) is 0 Å². The Labute approximate surface area is 251 Å². The number of ether oxygens (including phenoxy) is 1. The number of anilines is 2. The largest absolute Gasteiger partial charge is 0.456 e. The van der Waals surface area contributed by atoms with Gasteiger partial charge in [0.25, 0.3) is 5.91 Å². The summed E-state index contributed by atoms with van der Waals surface area (Å²) < 4.78 is 6.81. The Bertz CT molecular complexity index is 1330. The summed E-state index contributed by atoms with van der Waals surface area (Å²) in [5.41, 5.74) is 11.2. The molecule has 224 valence electrons. The topological polar surface area (TPSA) is 65.3 Å². The number of nitrogens with two attached hydrogens (primary N) is 1. The van der Waals surface area contributed by atoms with E-state index in [0.29, 0.717) is 13.1 Å². The van der Waals surface area contributed by atoms with Crippen LogP contribution in [0.4, 0.5) is 11.4 Å². The second kappa shape index (κ2) is 12.8. The first-order valence-corrected chi connectivity index (χ1v) is 15.8. The Morgan fingerprint density at radius 2 is 1.31 bits per heavy atom. The maximum Gasteiger partial charge on any atom is 0.255 e. The molecule has 0 fully saturated rings. The van der Waals surface area contributed by atoms with Crippen LogP contribution < -0.4 is 20.3 Å². The first-order chi connectivity index (χ1) is 20.5. The van der Waals surface area contributed by atoms with Crippen molar-refractivity contribution < 1.29 is 9.53 Å². The summed E-state index contributed by atoms with van der Waals surface area (Å²) in [5, 5.41) is 0. The van der Waals surface area contributed by atoms with Crippen LogP contribution in [0.3, 0.4) is 0 Å². The van der Waals surface area contributed by atoms with Crippen molar-refractivity contribution in [2.45, 2.75) is 46.6 Å². The average Bonchev–Trinajstić information content (AvgIpc) is 3.25. The molecule has 0 aromatic heterocycles. The summed E-state index contributed by atoms with van der Waals surface area (Å²) in [5.74, 6) is 1.69. The average molecular weight is 570 g/mol. The molecule has 1 spiro atoms. The van der Waals surface area contributed by atoms with Gasteiger partial charge in [0.2, 0.25) is 0 Å². The fraction of sp³-hybridized carbons (Fsp3) is 0.457. The Morgan fingerprint density at radius 3 is 1.83 bits per heavy atom. The second-order valence-corrected chi connectivity index (χ2v) is 11.2. The number of carbonyl (C=O) groups excluding carboxylic acids is 1. The molecule has 7 heteroatoms. The molecule has 1 amide bonds. The van der Waals surface area contributed by atoms with Crippen LogP contribution in [0.25, 0.3) is 0 Å². The van der Waals surface area contributed by atoms with Crippen LogP contribution in [-0.2, 0) is 5.54 Å². The van der Waals surface area contributed by atoms with E-state index in [1.165, 1.54) is 0 Å². The molecule has 2 heterocycles. The van der Waals surface area contributed by atoms with Crippen molar-refractivity contribution in [1.29, 1.82) is 0 Å². The molecular formula is C35H47N5O2. The Balaban J connectivity index is 1.75. The summed E-state index contributed by atoms with van der Waals surface area (Å²) in [4.78, 5) is 23.5. The minimum Gasteiger partial charge on any atom is -0.456 e. The highest BCUT2D eigenvalue weighted by Gasteiger charge is 2.56. The number of rotatable bonds is 13. The van der Waals surface area contributed by atoms with Gasteiger partial charge >= 0.3 is 0 Å². The first-order valence-electron chi connectivity index (χ1n) is 15.8. The monoisotopic (exact) mass is 569 g/mol. The van der Waals surface area contributed by atoms with Crippen molar-refractivity contribution >= 4 is 17.3 Å². The zero-order valence-electron chi connectivity index (χ0n) is 26.0. The molecule has 0 saturated heterocycles. The van der Waals surface area contributed by atoms with E-state index in [-0.39, 0.29) is 5.91 Å². The maximum atomic E-state index is 14.4. The predicted octanol–water partition coefficient (Wildman–Crippen LogP) is 5.90. The van der Waals surface area contributed by atoms with Crippen molar-refractivity contribution in [2.75, 3.05) is 68.7 Å². The number of nitrogens with zero attached hydrogens (tertiary/aromatic N) is 4. The second-order valence-electron chi connectivity index (χ2n) is 11.2. The van der Waals surface area contributed by atoms with Crippen molar-refractivity contribution in [1.82, 2.24) is 9.80 Å². The standard InChI is InChI=1S/C35H47N5O2/c1-6-20-37(21-19-36)22-23-40-34(41)28-13-11-12-14-29(28)35(40)30-17-15-26(38(7-2)8-3)24-32(30)42-33-25-27(16-18-31(33)35)39(9-4)10-5/h11-18,24-25H,6-10,19-23,36H2,1-5H3. The third kappa shape index (κ3) is 4.92. The number of hydrogen-bond acceptors (Lipinski definition) is 6. The summed E-state index contributed by atoms with van der Waals surface area (Å²) in [6, 6.07) is 21.2. The molecule has 42 heavy (non-hydrogen) atoms. The van der Waals surface area contributed by atoms with Crippen molar-refractivity contribution in [3.8, 4) is 11.5 Å². The maximum absolute atomic E-state index is 14.4. The lowest BCUT2D eigenvalue weighted by Crippen LogP contribution is -2.50. The number of benzene rings is 3. The number of amides is 1. The molecule has 0 bridgehead atoms. The van der Waals surface area contributed by atoms with Gasteiger partial charge in [-0.25, -0.2) is 0 Å². The van der Waals surface area contributed by atoms with Crippen LogP contribution in [0.2, 0.25) is 0 Å². The van der Waals surface area contributed by atoms with Gasteiger partial charge in [0.05, 0.1) is 0 Å². The molecule has 0 radical (unpaired) electrons. The smallest absolute Gasteiger partial charge is 0.255 e. The molecule has 0 aliphatic carbocycles. The van der Waals surface area contributed by atoms with Gasteiger partial charge in [-0.3, -0.25) is 4.79 Å². The lowest BCUT2D eigenvalue weighted by atomic mass is 9.74. The molecule has 7 nitrogen and oxygen atoms in total. The fourth-order valence-corrected chi connectivity index (χ4v) is 6.98. The molecule has 0 atom stereocenters. The molecule has 5 rings (SSSR count). The summed E-state index contributed by atoms with van der Waals surface area (Å²) in [6.07, 6.45) is 1.04. The third-order valence-corrected chi connectivity index (χ3v) is 9.01. The van der Waals surface area contributed by atoms with Crippen molar-refractivity contribution in [2.24, 2.45) is 5.73 Å². The molecule has 3 aromatic carbocycles. The van der Waals surface area contributed by atoms with Gasteiger partial charge in [0.15, 0.2) is 0 Å². The van der Waals surface area contributed by atoms with Gasteiger partial charge in [-0.1, -0.05) is 37.3 Å². The van der Waals surface area contributed by atoms with E-state index in [2.05, 4.69) is 103 Å². The lowest BCUT2D eigenvalue weighted by Gasteiger charge is -2.45. The van der Waals surface area contributed by atoms with E-state index in [1.807, 2.05) is 12.1 Å². The van der Waals surface area contributed by atoms with Crippen LogP contribution in [0, 0.1) is 0 Å². The van der Waals surface area contributed by atoms with Crippen LogP contribution in [-0.4, -0.2) is 74.6 Å². The Morgan fingerprint density at radius 1 is 0.738 bits per heavy atom. The Kier molecular flexibility index (Phi) is 9.09. The molecule has 2 aliphatic rings. The van der Waals surface area contributed by atoms with E-state index in [1.54, 1.807) is 0 Å². The van der Waals surface area contributed by atoms with E-state index < -0.39 is 5.54 Å². The van der Waals surface area contributed by atoms with Gasteiger partial charge in [-0.15, -0.1) is 0 Å². The number of hydrogen-bond donors (Lipinski definition) is 1. The van der Waals surface area contributed by atoms with E-state index in [4.69, 9.17) is 10.5 Å². The summed E-state index contributed by atoms with van der Waals surface area (Å²) >= 11 is 0. The third-order valence-electron chi connectivity index (χ3n) is 9.01. The first kappa shape index (κ1) is 29.9. The zero-order valence-corrected chi connectivity index (χ0v) is 26.0. The molecule has 2 N–H and O–H groups in total. The molecule has 2 aliphatic heterocycles. The van der Waals surface area contributed by atoms with Gasteiger partial charge < -0.3 is 30.1 Å². The number of carbonyl (C=O) groups is 1. The quantitative estimate of drug-likeness (QED) is 0.276. The highest BCUT2D eigenvalue weighted by atomic mass is 16.5. The zero-order chi connectivity index (χ0) is 29.9. The lowest BCUT2D eigenvalue weighted by molar-refractivity contribution is 0.0636. The van der Waals surface area contributed by atoms with Crippen molar-refractivity contribution in [3.63, 3.8) is 0 Å². The highest BCUT2D eigenvalue weighted by molar-refractivity contribution is 6.02. The van der Waals surface area contributed by atoms with Crippen LogP contribution >= 0.6 is 0 Å². The minimum atomic E-state index is -0.791. The van der Waals surface area contributed by atoms with Gasteiger partial charge in [0, 0.05) is 92.6 Å². The van der Waals surface area contributed by atoms with Crippen LogP contribution in [0.5, 0.6) is 11.5 Å². The normalized spacial score (nSPS) is 14.5. The van der Waals surface area contributed by atoms with E-state index in [9.17, 15) is 4.79 Å². The van der Waals surface area contributed by atoms with E-state index >= 15 is 0 Å². The van der Waals surface area contributed by atoms with Crippen LogP contribution in [0.15, 0.2) is 60.7 Å². The van der Waals surface area contributed by atoms with Gasteiger partial charge in [0.1, 0.15) is 17.0 Å². The van der Waals surface area contributed by atoms with Crippen LogP contribution in [0.1, 0.15) is 68.1 Å². The Hall–Kier alpha value is -3.55.